The third kappa shape index (κ3) is 6.18. The summed E-state index contributed by atoms with van der Waals surface area (Å²) in [5.74, 6) is -0.258. The minimum atomic E-state index is -0.573. The average Bonchev–Trinajstić information content (AvgIpc) is 3.25. The van der Waals surface area contributed by atoms with Crippen LogP contribution in [0.2, 0.25) is 5.02 Å². The minimum absolute atomic E-state index is 0.252. The van der Waals surface area contributed by atoms with E-state index >= 15 is 0 Å². The van der Waals surface area contributed by atoms with Crippen LogP contribution in [-0.2, 0) is 20.7 Å². The molecule has 8 heteroatoms. The van der Waals surface area contributed by atoms with Gasteiger partial charge < -0.3 is 9.47 Å². The van der Waals surface area contributed by atoms with Crippen LogP contribution in [-0.4, -0.2) is 23.5 Å². The minimum Gasteiger partial charge on any atom is -0.469 e. The normalized spacial score (nSPS) is 11.6. The summed E-state index contributed by atoms with van der Waals surface area (Å²) in [5.41, 5.74) is 7.07. The zero-order valence-corrected chi connectivity index (χ0v) is 22.6. The first kappa shape index (κ1) is 26.4. The highest BCUT2D eigenvalue weighted by atomic mass is 35.5. The van der Waals surface area contributed by atoms with Gasteiger partial charge in [-0.05, 0) is 66.2 Å². The molecule has 1 atom stereocenters. The fraction of sp³-hybridized carbons (Fsp3) is 0.207. The second-order valence-electron chi connectivity index (χ2n) is 8.64. The molecule has 0 bridgehead atoms. The molecule has 0 aliphatic rings. The number of amides is 1. The molecule has 190 valence electrons. The van der Waals surface area contributed by atoms with Crippen molar-refractivity contribution in [3.8, 4) is 21.6 Å². The predicted octanol–water partition coefficient (Wildman–Crippen LogP) is 7.77. The van der Waals surface area contributed by atoms with Gasteiger partial charge in [0, 0.05) is 10.6 Å². The quantitative estimate of drug-likeness (QED) is 0.245. The number of nitrogens with one attached hydrogen (secondary N) is 1. The summed E-state index contributed by atoms with van der Waals surface area (Å²) in [7, 11) is 1.39. The van der Waals surface area contributed by atoms with Crippen LogP contribution in [0.1, 0.15) is 35.4 Å². The second-order valence-corrected chi connectivity index (χ2v) is 9.82. The van der Waals surface area contributed by atoms with Crippen molar-refractivity contribution in [2.24, 2.45) is 0 Å². The summed E-state index contributed by atoms with van der Waals surface area (Å²) in [6.07, 6.45) is -0.830. The van der Waals surface area contributed by atoms with E-state index in [0.717, 1.165) is 38.3 Å². The van der Waals surface area contributed by atoms with E-state index in [9.17, 15) is 9.59 Å². The summed E-state index contributed by atoms with van der Waals surface area (Å²) in [5, 5.41) is 3.41. The third-order valence-electron chi connectivity index (χ3n) is 6.10. The topological polar surface area (TPSA) is 77.5 Å². The molecular weight excluding hydrogens is 508 g/mol. The maximum atomic E-state index is 12.7. The Balaban J connectivity index is 1.49. The van der Waals surface area contributed by atoms with Gasteiger partial charge in [0.05, 0.1) is 29.8 Å². The maximum absolute atomic E-state index is 12.7. The van der Waals surface area contributed by atoms with Crippen molar-refractivity contribution in [1.29, 1.82) is 0 Å². The molecule has 0 spiro atoms. The van der Waals surface area contributed by atoms with Gasteiger partial charge in [0.2, 0.25) is 0 Å². The number of methoxy groups -OCH3 is 1. The standard InChI is InChI=1S/C29H27ClN2O4S/c1-17-15-23(14-13-22(17)16-26(33)35-4)20-9-11-21(12-10-20)28-27(18(2)32-37-28)31-29(34)36-19(3)24-7-5-6-8-25(24)30/h5-15,19H,16H2,1-4H3,(H,31,34). The van der Waals surface area contributed by atoms with Gasteiger partial charge in [-0.3, -0.25) is 10.1 Å². The molecule has 1 amide bonds. The Bertz CT molecular complexity index is 1430. The van der Waals surface area contributed by atoms with Crippen LogP contribution in [0, 0.1) is 13.8 Å². The summed E-state index contributed by atoms with van der Waals surface area (Å²) < 4.78 is 14.8. The summed E-state index contributed by atoms with van der Waals surface area (Å²) in [6, 6.07) is 21.4. The number of aryl methyl sites for hydroxylation is 2. The van der Waals surface area contributed by atoms with Gasteiger partial charge in [-0.15, -0.1) is 0 Å². The summed E-state index contributed by atoms with van der Waals surface area (Å²) in [4.78, 5) is 25.2. The molecule has 1 heterocycles. The van der Waals surface area contributed by atoms with Crippen LogP contribution in [0.25, 0.3) is 21.6 Å². The van der Waals surface area contributed by atoms with E-state index in [0.29, 0.717) is 16.4 Å². The van der Waals surface area contributed by atoms with Gasteiger partial charge >= 0.3 is 12.1 Å². The first-order valence-corrected chi connectivity index (χ1v) is 12.9. The van der Waals surface area contributed by atoms with E-state index in [1.165, 1.54) is 18.6 Å². The van der Waals surface area contributed by atoms with E-state index in [2.05, 4.69) is 15.8 Å². The van der Waals surface area contributed by atoms with Crippen molar-refractivity contribution in [3.63, 3.8) is 0 Å². The number of carbonyl (C=O) groups is 2. The number of hydrogen-bond donors (Lipinski definition) is 1. The lowest BCUT2D eigenvalue weighted by Gasteiger charge is -2.16. The Hall–Kier alpha value is -3.68. The molecule has 0 radical (unpaired) electrons. The highest BCUT2D eigenvalue weighted by Gasteiger charge is 2.19. The van der Waals surface area contributed by atoms with Crippen LogP contribution < -0.4 is 5.32 Å². The smallest absolute Gasteiger partial charge is 0.412 e. The van der Waals surface area contributed by atoms with Gasteiger partial charge in [0.15, 0.2) is 0 Å². The van der Waals surface area contributed by atoms with Crippen molar-refractivity contribution in [1.82, 2.24) is 4.37 Å². The number of halogens is 1. The summed E-state index contributed by atoms with van der Waals surface area (Å²) >= 11 is 7.55. The first-order chi connectivity index (χ1) is 17.8. The zero-order valence-electron chi connectivity index (χ0n) is 21.0. The predicted molar refractivity (Wildman–Crippen MR) is 148 cm³/mol. The molecule has 0 aliphatic heterocycles. The Morgan fingerprint density at radius 3 is 2.35 bits per heavy atom. The molecule has 1 aromatic heterocycles. The molecule has 1 N–H and O–H groups in total. The Morgan fingerprint density at radius 2 is 1.68 bits per heavy atom. The highest BCUT2D eigenvalue weighted by Crippen LogP contribution is 2.36. The van der Waals surface area contributed by atoms with Crippen LogP contribution >= 0.6 is 23.1 Å². The third-order valence-corrected chi connectivity index (χ3v) is 7.43. The molecule has 1 unspecified atom stereocenters. The van der Waals surface area contributed by atoms with E-state index in [1.54, 1.807) is 13.0 Å². The molecule has 0 saturated heterocycles. The Morgan fingerprint density at radius 1 is 1.00 bits per heavy atom. The van der Waals surface area contributed by atoms with Crippen molar-refractivity contribution in [2.45, 2.75) is 33.3 Å². The Kier molecular flexibility index (Phi) is 8.26. The number of carbonyl (C=O) groups excluding carboxylic acids is 2. The molecule has 4 rings (SSSR count). The largest absolute Gasteiger partial charge is 0.469 e. The molecule has 0 fully saturated rings. The lowest BCUT2D eigenvalue weighted by Crippen LogP contribution is -2.16. The van der Waals surface area contributed by atoms with Gasteiger partial charge in [0.1, 0.15) is 6.10 Å². The number of esters is 1. The molecule has 3 aromatic carbocycles. The SMILES string of the molecule is COC(=O)Cc1ccc(-c2ccc(-c3snc(C)c3NC(=O)OC(C)c3ccccc3Cl)cc2)cc1C. The van der Waals surface area contributed by atoms with E-state index < -0.39 is 12.2 Å². The fourth-order valence-corrected chi connectivity index (χ4v) is 5.13. The molecular formula is C29H27ClN2O4S. The van der Waals surface area contributed by atoms with Gasteiger partial charge in [-0.1, -0.05) is 72.3 Å². The maximum Gasteiger partial charge on any atom is 0.412 e. The van der Waals surface area contributed by atoms with Crippen LogP contribution in [0.15, 0.2) is 66.7 Å². The summed E-state index contributed by atoms with van der Waals surface area (Å²) in [6.45, 7) is 5.61. The molecule has 0 saturated carbocycles. The van der Waals surface area contributed by atoms with E-state index in [4.69, 9.17) is 21.1 Å². The number of hydrogen-bond acceptors (Lipinski definition) is 6. The van der Waals surface area contributed by atoms with Crippen molar-refractivity contribution < 1.29 is 19.1 Å². The monoisotopic (exact) mass is 534 g/mol. The van der Waals surface area contributed by atoms with E-state index in [1.807, 2.05) is 68.4 Å². The fourth-order valence-electron chi connectivity index (χ4n) is 3.99. The van der Waals surface area contributed by atoms with E-state index in [-0.39, 0.29) is 12.4 Å². The second kappa shape index (κ2) is 11.6. The lowest BCUT2D eigenvalue weighted by molar-refractivity contribution is -0.139. The first-order valence-electron chi connectivity index (χ1n) is 11.7. The van der Waals surface area contributed by atoms with Crippen LogP contribution in [0.3, 0.4) is 0 Å². The van der Waals surface area contributed by atoms with Gasteiger partial charge in [-0.25, -0.2) is 4.79 Å². The molecule has 4 aromatic rings. The van der Waals surface area contributed by atoms with Crippen molar-refractivity contribution >= 4 is 40.9 Å². The molecule has 6 nitrogen and oxygen atoms in total. The number of aromatic nitrogens is 1. The van der Waals surface area contributed by atoms with Crippen LogP contribution in [0.5, 0.6) is 0 Å². The Labute approximate surface area is 225 Å². The number of anilines is 1. The highest BCUT2D eigenvalue weighted by molar-refractivity contribution is 7.10. The zero-order chi connectivity index (χ0) is 26.5. The lowest BCUT2D eigenvalue weighted by atomic mass is 9.97. The number of nitrogens with zero attached hydrogens (tertiary/aromatic N) is 1. The molecule has 37 heavy (non-hydrogen) atoms. The molecule has 0 aliphatic carbocycles. The number of benzene rings is 3. The number of ether oxygens (including phenoxy) is 2. The average molecular weight is 535 g/mol. The van der Waals surface area contributed by atoms with Gasteiger partial charge in [0.25, 0.3) is 0 Å². The van der Waals surface area contributed by atoms with Crippen LogP contribution in [0.4, 0.5) is 10.5 Å². The van der Waals surface area contributed by atoms with Crippen molar-refractivity contribution in [3.05, 3.63) is 94.1 Å². The number of rotatable bonds is 7. The van der Waals surface area contributed by atoms with Crippen molar-refractivity contribution in [2.75, 3.05) is 12.4 Å². The van der Waals surface area contributed by atoms with Gasteiger partial charge in [-0.2, -0.15) is 4.37 Å².